The number of hydrogen-bond donors (Lipinski definition) is 2. The van der Waals surface area contributed by atoms with Gasteiger partial charge in [0.1, 0.15) is 0 Å². The molecule has 1 aromatic rings. The van der Waals surface area contributed by atoms with E-state index in [9.17, 15) is 9.59 Å². The van der Waals surface area contributed by atoms with Crippen molar-refractivity contribution in [3.05, 3.63) is 34.9 Å². The molecule has 0 saturated carbocycles. The average molecular weight is 419 g/mol. The van der Waals surface area contributed by atoms with Crippen LogP contribution in [-0.4, -0.2) is 22.2 Å². The van der Waals surface area contributed by atoms with Gasteiger partial charge in [0.05, 0.1) is 11.1 Å². The molecule has 0 unspecified atom stereocenters. The molecule has 0 atom stereocenters. The van der Waals surface area contributed by atoms with Gasteiger partial charge in [0.15, 0.2) is 0 Å². The lowest BCUT2D eigenvalue weighted by molar-refractivity contribution is 0.0696. The van der Waals surface area contributed by atoms with Crippen LogP contribution >= 0.6 is 0 Å². The summed E-state index contributed by atoms with van der Waals surface area (Å²) in [4.78, 5) is 22.3. The molecule has 170 valence electrons. The lowest BCUT2D eigenvalue weighted by atomic mass is 10.00. The molecule has 0 heterocycles. The Bertz CT molecular complexity index is 577. The third-order valence-corrected chi connectivity index (χ3v) is 5.81. The van der Waals surface area contributed by atoms with Gasteiger partial charge in [0.2, 0.25) is 0 Å². The van der Waals surface area contributed by atoms with Gasteiger partial charge in [-0.3, -0.25) is 0 Å². The Kier molecular flexibility index (Phi) is 14.8. The SMILES string of the molecule is CCCCCCCCCCCCCCCCCCc1cc(C(=O)O)cc(C(=O)O)c1. The molecule has 0 radical (unpaired) electrons. The van der Waals surface area contributed by atoms with Crippen molar-refractivity contribution < 1.29 is 19.8 Å². The Labute approximate surface area is 183 Å². The predicted molar refractivity (Wildman–Crippen MR) is 124 cm³/mol. The summed E-state index contributed by atoms with van der Waals surface area (Å²) in [6, 6.07) is 4.42. The van der Waals surface area contributed by atoms with E-state index in [1.165, 1.54) is 96.0 Å². The molecule has 0 spiro atoms. The van der Waals surface area contributed by atoms with Crippen LogP contribution in [-0.2, 0) is 6.42 Å². The molecule has 4 heteroatoms. The Balaban J connectivity index is 2.00. The van der Waals surface area contributed by atoms with Crippen LogP contribution in [0.15, 0.2) is 18.2 Å². The lowest BCUT2D eigenvalue weighted by Crippen LogP contribution is -2.04. The van der Waals surface area contributed by atoms with Gasteiger partial charge in [0.25, 0.3) is 0 Å². The fourth-order valence-corrected chi connectivity index (χ4v) is 3.96. The van der Waals surface area contributed by atoms with Gasteiger partial charge in [-0.15, -0.1) is 0 Å². The van der Waals surface area contributed by atoms with Gasteiger partial charge in [-0.05, 0) is 36.6 Å². The number of carboxylic acid groups (broad SMARTS) is 2. The van der Waals surface area contributed by atoms with Crippen LogP contribution in [0.25, 0.3) is 0 Å². The zero-order valence-corrected chi connectivity index (χ0v) is 19.0. The fourth-order valence-electron chi connectivity index (χ4n) is 3.96. The normalized spacial score (nSPS) is 11.0. The minimum absolute atomic E-state index is 0.0568. The summed E-state index contributed by atoms with van der Waals surface area (Å²) < 4.78 is 0. The van der Waals surface area contributed by atoms with E-state index in [1.807, 2.05) is 0 Å². The first-order valence-electron chi connectivity index (χ1n) is 12.1. The molecule has 0 aliphatic rings. The summed E-state index contributed by atoms with van der Waals surface area (Å²) >= 11 is 0. The molecule has 2 N–H and O–H groups in total. The van der Waals surface area contributed by atoms with Crippen LogP contribution in [0.1, 0.15) is 136 Å². The molecule has 0 aliphatic carbocycles. The van der Waals surface area contributed by atoms with Gasteiger partial charge < -0.3 is 10.2 Å². The van der Waals surface area contributed by atoms with E-state index in [2.05, 4.69) is 6.92 Å². The van der Waals surface area contributed by atoms with Crippen LogP contribution in [0.4, 0.5) is 0 Å². The number of unbranched alkanes of at least 4 members (excludes halogenated alkanes) is 15. The largest absolute Gasteiger partial charge is 0.478 e. The van der Waals surface area contributed by atoms with E-state index >= 15 is 0 Å². The van der Waals surface area contributed by atoms with E-state index in [0.717, 1.165) is 24.8 Å². The van der Waals surface area contributed by atoms with Gasteiger partial charge in [-0.25, -0.2) is 9.59 Å². The highest BCUT2D eigenvalue weighted by Crippen LogP contribution is 2.16. The maximum Gasteiger partial charge on any atom is 0.335 e. The second kappa shape index (κ2) is 16.9. The molecular formula is C26H42O4. The summed E-state index contributed by atoms with van der Waals surface area (Å²) in [5, 5.41) is 18.3. The molecule has 1 aromatic carbocycles. The summed E-state index contributed by atoms with van der Waals surface area (Å²) in [5.41, 5.74) is 0.917. The van der Waals surface area contributed by atoms with E-state index in [0.29, 0.717) is 0 Å². The molecular weight excluding hydrogens is 376 g/mol. The molecule has 0 bridgehead atoms. The van der Waals surface area contributed by atoms with Crippen LogP contribution in [0, 0.1) is 0 Å². The van der Waals surface area contributed by atoms with E-state index < -0.39 is 11.9 Å². The van der Waals surface area contributed by atoms with Crippen LogP contribution in [0.3, 0.4) is 0 Å². The molecule has 4 nitrogen and oxygen atoms in total. The Morgan fingerprint density at radius 3 is 1.23 bits per heavy atom. The maximum atomic E-state index is 11.2. The molecule has 0 amide bonds. The first-order chi connectivity index (χ1) is 14.5. The van der Waals surface area contributed by atoms with Crippen LogP contribution in [0.2, 0.25) is 0 Å². The number of carboxylic acids is 2. The summed E-state index contributed by atoms with van der Waals surface area (Å²) in [5.74, 6) is -2.15. The summed E-state index contributed by atoms with van der Waals surface area (Å²) in [6.45, 7) is 2.27. The van der Waals surface area contributed by atoms with Gasteiger partial charge in [-0.1, -0.05) is 103 Å². The Morgan fingerprint density at radius 2 is 0.900 bits per heavy atom. The van der Waals surface area contributed by atoms with E-state index in [-0.39, 0.29) is 11.1 Å². The van der Waals surface area contributed by atoms with Crippen molar-refractivity contribution in [3.8, 4) is 0 Å². The highest BCUT2D eigenvalue weighted by Gasteiger charge is 2.11. The van der Waals surface area contributed by atoms with Crippen molar-refractivity contribution in [2.45, 2.75) is 116 Å². The first-order valence-corrected chi connectivity index (χ1v) is 12.1. The second-order valence-electron chi connectivity index (χ2n) is 8.58. The maximum absolute atomic E-state index is 11.2. The molecule has 0 aliphatic heterocycles. The number of carbonyl (C=O) groups is 2. The first kappa shape index (κ1) is 26.2. The Morgan fingerprint density at radius 1 is 0.567 bits per heavy atom. The number of benzene rings is 1. The molecule has 0 aromatic heterocycles. The van der Waals surface area contributed by atoms with Crippen LogP contribution in [0.5, 0.6) is 0 Å². The molecule has 1 rings (SSSR count). The number of aryl methyl sites for hydroxylation is 1. The third kappa shape index (κ3) is 12.7. The molecule has 0 saturated heterocycles. The van der Waals surface area contributed by atoms with Gasteiger partial charge in [0, 0.05) is 0 Å². The quantitative estimate of drug-likeness (QED) is 0.224. The zero-order valence-electron chi connectivity index (χ0n) is 19.0. The standard InChI is InChI=1S/C26H42O4/c1-2-3-4-5-6-7-8-9-10-11-12-13-14-15-16-17-18-22-19-23(25(27)28)21-24(20-22)26(29)30/h19-21H,2-18H2,1H3,(H,27,28)(H,29,30). The van der Waals surface area contributed by atoms with Crippen molar-refractivity contribution in [2.24, 2.45) is 0 Å². The van der Waals surface area contributed by atoms with Crippen LogP contribution < -0.4 is 0 Å². The van der Waals surface area contributed by atoms with Crippen molar-refractivity contribution in [2.75, 3.05) is 0 Å². The van der Waals surface area contributed by atoms with E-state index in [4.69, 9.17) is 10.2 Å². The minimum atomic E-state index is -1.08. The smallest absolute Gasteiger partial charge is 0.335 e. The van der Waals surface area contributed by atoms with Gasteiger partial charge >= 0.3 is 11.9 Å². The number of rotatable bonds is 19. The summed E-state index contributed by atoms with van der Waals surface area (Å²) in [7, 11) is 0. The Hall–Kier alpha value is -1.84. The van der Waals surface area contributed by atoms with Crippen molar-refractivity contribution in [1.29, 1.82) is 0 Å². The number of hydrogen-bond acceptors (Lipinski definition) is 2. The van der Waals surface area contributed by atoms with Crippen molar-refractivity contribution in [3.63, 3.8) is 0 Å². The fraction of sp³-hybridized carbons (Fsp3) is 0.692. The van der Waals surface area contributed by atoms with Crippen molar-refractivity contribution in [1.82, 2.24) is 0 Å². The zero-order chi connectivity index (χ0) is 22.0. The highest BCUT2D eigenvalue weighted by molar-refractivity contribution is 5.94. The van der Waals surface area contributed by atoms with E-state index in [1.54, 1.807) is 12.1 Å². The minimum Gasteiger partial charge on any atom is -0.478 e. The monoisotopic (exact) mass is 418 g/mol. The van der Waals surface area contributed by atoms with Crippen molar-refractivity contribution >= 4 is 11.9 Å². The molecule has 30 heavy (non-hydrogen) atoms. The summed E-state index contributed by atoms with van der Waals surface area (Å²) in [6.07, 6.45) is 21.8. The second-order valence-corrected chi connectivity index (χ2v) is 8.58. The van der Waals surface area contributed by atoms with Gasteiger partial charge in [-0.2, -0.15) is 0 Å². The lowest BCUT2D eigenvalue weighted by Gasteiger charge is -2.06. The number of aromatic carboxylic acids is 2. The highest BCUT2D eigenvalue weighted by atomic mass is 16.4. The average Bonchev–Trinajstić information content (AvgIpc) is 2.73. The third-order valence-electron chi connectivity index (χ3n) is 5.81. The topological polar surface area (TPSA) is 74.6 Å². The molecule has 0 fully saturated rings. The predicted octanol–water partition coefficient (Wildman–Crippen LogP) is 7.89.